The van der Waals surface area contributed by atoms with Gasteiger partial charge < -0.3 is 0 Å². The summed E-state index contributed by atoms with van der Waals surface area (Å²) in [7, 11) is 0. The van der Waals surface area contributed by atoms with E-state index in [-0.39, 0.29) is 5.28 Å². The summed E-state index contributed by atoms with van der Waals surface area (Å²) in [5.74, 6) is 1.12. The lowest BCUT2D eigenvalue weighted by Gasteiger charge is -2.13. The number of benzene rings is 5. The number of aromatic nitrogens is 3. The van der Waals surface area contributed by atoms with E-state index in [2.05, 4.69) is 87.7 Å². The molecular weight excluding hydrogens is 450 g/mol. The molecule has 0 bridgehead atoms. The highest BCUT2D eigenvalue weighted by atomic mass is 35.5. The maximum absolute atomic E-state index is 6.26. The molecule has 0 aliphatic rings. The lowest BCUT2D eigenvalue weighted by Crippen LogP contribution is -1.97. The Labute approximate surface area is 208 Å². The standard InChI is InChI=1S/C31H20ClN3/c32-31-34-29(24-11-5-2-6-12-24)33-30(35-31)25-19-17-22(18-20-25)27-16-8-14-23-13-7-15-26(28(23)27)21-9-3-1-4-10-21/h1-20H. The molecule has 4 heteroatoms. The van der Waals surface area contributed by atoms with Crippen LogP contribution in [0, 0.1) is 0 Å². The van der Waals surface area contributed by atoms with E-state index in [0.29, 0.717) is 11.6 Å². The van der Waals surface area contributed by atoms with Crippen molar-refractivity contribution >= 4 is 22.4 Å². The predicted octanol–water partition coefficient (Wildman–Crippen LogP) is 8.35. The average Bonchev–Trinajstić information content (AvgIpc) is 2.93. The normalized spacial score (nSPS) is 11.0. The summed E-state index contributed by atoms with van der Waals surface area (Å²) in [5.41, 5.74) is 6.53. The van der Waals surface area contributed by atoms with Crippen molar-refractivity contribution in [1.82, 2.24) is 15.0 Å². The quantitative estimate of drug-likeness (QED) is 0.260. The van der Waals surface area contributed by atoms with Crippen LogP contribution < -0.4 is 0 Å². The second kappa shape index (κ2) is 9.13. The molecule has 0 N–H and O–H groups in total. The number of hydrogen-bond acceptors (Lipinski definition) is 3. The van der Waals surface area contributed by atoms with Crippen LogP contribution in [0.4, 0.5) is 0 Å². The summed E-state index contributed by atoms with van der Waals surface area (Å²) in [6.45, 7) is 0. The van der Waals surface area contributed by atoms with Crippen molar-refractivity contribution in [2.24, 2.45) is 0 Å². The first-order valence-corrected chi connectivity index (χ1v) is 11.8. The van der Waals surface area contributed by atoms with Gasteiger partial charge in [-0.3, -0.25) is 0 Å². The average molecular weight is 470 g/mol. The van der Waals surface area contributed by atoms with E-state index in [1.165, 1.54) is 27.5 Å². The van der Waals surface area contributed by atoms with E-state index < -0.39 is 0 Å². The van der Waals surface area contributed by atoms with Crippen molar-refractivity contribution < 1.29 is 0 Å². The van der Waals surface area contributed by atoms with Crippen molar-refractivity contribution in [3.63, 3.8) is 0 Å². The Morgan fingerprint density at radius 3 is 1.43 bits per heavy atom. The van der Waals surface area contributed by atoms with Gasteiger partial charge in [-0.2, -0.15) is 9.97 Å². The highest BCUT2D eigenvalue weighted by molar-refractivity contribution is 6.28. The highest BCUT2D eigenvalue weighted by Gasteiger charge is 2.12. The summed E-state index contributed by atoms with van der Waals surface area (Å²) in [6, 6.07) is 41.5. The molecule has 6 rings (SSSR count). The van der Waals surface area contributed by atoms with Crippen LogP contribution in [0.1, 0.15) is 0 Å². The lowest BCUT2D eigenvalue weighted by molar-refractivity contribution is 1.07. The second-order valence-electron chi connectivity index (χ2n) is 8.27. The van der Waals surface area contributed by atoms with E-state index in [9.17, 15) is 0 Å². The summed E-state index contributed by atoms with van der Waals surface area (Å²) >= 11 is 6.26. The van der Waals surface area contributed by atoms with Gasteiger partial charge in [0.25, 0.3) is 0 Å². The van der Waals surface area contributed by atoms with E-state index in [0.717, 1.165) is 16.7 Å². The fourth-order valence-electron chi connectivity index (χ4n) is 4.43. The maximum Gasteiger partial charge on any atom is 0.226 e. The van der Waals surface area contributed by atoms with Crippen LogP contribution in [0.2, 0.25) is 5.28 Å². The van der Waals surface area contributed by atoms with Crippen LogP contribution >= 0.6 is 11.6 Å². The van der Waals surface area contributed by atoms with Crippen LogP contribution in [0.25, 0.3) is 55.8 Å². The number of halogens is 1. The molecule has 5 aromatic carbocycles. The predicted molar refractivity (Wildman–Crippen MR) is 144 cm³/mol. The van der Waals surface area contributed by atoms with Gasteiger partial charge in [0.05, 0.1) is 0 Å². The molecule has 0 radical (unpaired) electrons. The third-order valence-corrected chi connectivity index (χ3v) is 6.25. The summed E-state index contributed by atoms with van der Waals surface area (Å²) < 4.78 is 0. The molecule has 0 amide bonds. The first-order valence-electron chi connectivity index (χ1n) is 11.4. The number of hydrogen-bond donors (Lipinski definition) is 0. The first-order chi connectivity index (χ1) is 17.3. The maximum atomic E-state index is 6.26. The van der Waals surface area contributed by atoms with Crippen LogP contribution in [-0.2, 0) is 0 Å². The van der Waals surface area contributed by atoms with Crippen molar-refractivity contribution in [3.8, 4) is 45.0 Å². The largest absolute Gasteiger partial charge is 0.226 e. The van der Waals surface area contributed by atoms with Gasteiger partial charge in [0.1, 0.15) is 0 Å². The Kier molecular flexibility index (Phi) is 5.53. The fourth-order valence-corrected chi connectivity index (χ4v) is 4.59. The van der Waals surface area contributed by atoms with Gasteiger partial charge in [0.15, 0.2) is 11.6 Å². The fraction of sp³-hybridized carbons (Fsp3) is 0. The minimum absolute atomic E-state index is 0.180. The Balaban J connectivity index is 1.44. The summed E-state index contributed by atoms with van der Waals surface area (Å²) in [5, 5.41) is 2.63. The second-order valence-corrected chi connectivity index (χ2v) is 8.61. The van der Waals surface area contributed by atoms with Crippen LogP contribution in [0.3, 0.4) is 0 Å². The van der Waals surface area contributed by atoms with Crippen LogP contribution in [0.15, 0.2) is 121 Å². The molecule has 1 heterocycles. The Bertz CT molecular complexity index is 1620. The van der Waals surface area contributed by atoms with E-state index in [1.54, 1.807) is 0 Å². The van der Waals surface area contributed by atoms with Gasteiger partial charge in [-0.05, 0) is 44.6 Å². The molecule has 0 spiro atoms. The van der Waals surface area contributed by atoms with Gasteiger partial charge in [-0.25, -0.2) is 4.98 Å². The van der Waals surface area contributed by atoms with Gasteiger partial charge >= 0.3 is 0 Å². The lowest BCUT2D eigenvalue weighted by atomic mass is 9.91. The molecule has 0 fully saturated rings. The molecule has 0 unspecified atom stereocenters. The molecular formula is C31H20ClN3. The molecule has 35 heavy (non-hydrogen) atoms. The van der Waals surface area contributed by atoms with Gasteiger partial charge in [-0.15, -0.1) is 0 Å². The number of nitrogens with zero attached hydrogens (tertiary/aromatic N) is 3. The monoisotopic (exact) mass is 469 g/mol. The van der Waals surface area contributed by atoms with Crippen molar-refractivity contribution in [3.05, 3.63) is 127 Å². The van der Waals surface area contributed by atoms with Crippen molar-refractivity contribution in [2.75, 3.05) is 0 Å². The molecule has 0 aliphatic carbocycles. The molecule has 1 aromatic heterocycles. The first kappa shape index (κ1) is 21.2. The van der Waals surface area contributed by atoms with Crippen molar-refractivity contribution in [2.45, 2.75) is 0 Å². The topological polar surface area (TPSA) is 38.7 Å². The minimum Gasteiger partial charge on any atom is -0.208 e. The third kappa shape index (κ3) is 4.18. The Morgan fingerprint density at radius 1 is 0.400 bits per heavy atom. The molecule has 0 saturated heterocycles. The molecule has 3 nitrogen and oxygen atoms in total. The molecule has 6 aromatic rings. The van der Waals surface area contributed by atoms with E-state index in [4.69, 9.17) is 11.6 Å². The number of rotatable bonds is 4. The molecule has 166 valence electrons. The SMILES string of the molecule is Clc1nc(-c2ccccc2)nc(-c2ccc(-c3cccc4cccc(-c5ccccc5)c34)cc2)n1. The molecule has 0 aliphatic heterocycles. The Morgan fingerprint density at radius 2 is 0.857 bits per heavy atom. The zero-order valence-corrected chi connectivity index (χ0v) is 19.5. The van der Waals surface area contributed by atoms with Gasteiger partial charge in [-0.1, -0.05) is 121 Å². The zero-order chi connectivity index (χ0) is 23.6. The zero-order valence-electron chi connectivity index (χ0n) is 18.8. The van der Waals surface area contributed by atoms with E-state index >= 15 is 0 Å². The Hall–Kier alpha value is -4.34. The smallest absolute Gasteiger partial charge is 0.208 e. The van der Waals surface area contributed by atoms with Gasteiger partial charge in [0, 0.05) is 11.1 Å². The molecule has 0 saturated carbocycles. The van der Waals surface area contributed by atoms with Gasteiger partial charge in [0.2, 0.25) is 5.28 Å². The van der Waals surface area contributed by atoms with Crippen LogP contribution in [0.5, 0.6) is 0 Å². The molecule has 0 atom stereocenters. The third-order valence-electron chi connectivity index (χ3n) is 6.08. The minimum atomic E-state index is 0.180. The number of fused-ring (bicyclic) bond motifs is 1. The van der Waals surface area contributed by atoms with Crippen LogP contribution in [-0.4, -0.2) is 15.0 Å². The van der Waals surface area contributed by atoms with Crippen molar-refractivity contribution in [1.29, 1.82) is 0 Å². The highest BCUT2D eigenvalue weighted by Crippen LogP contribution is 2.37. The summed E-state index contributed by atoms with van der Waals surface area (Å²) in [6.07, 6.45) is 0. The van der Waals surface area contributed by atoms with E-state index in [1.807, 2.05) is 48.5 Å². The summed E-state index contributed by atoms with van der Waals surface area (Å²) in [4.78, 5) is 13.4.